The van der Waals surface area contributed by atoms with Crippen LogP contribution in [0.25, 0.3) is 10.9 Å². The number of aromatic nitrogens is 2. The van der Waals surface area contributed by atoms with Crippen molar-refractivity contribution in [2.45, 2.75) is 19.9 Å². The number of carbonyl (C=O) groups excluding carboxylic acids is 2. The average Bonchev–Trinajstić information content (AvgIpc) is 2.73. The van der Waals surface area contributed by atoms with E-state index in [4.69, 9.17) is 9.47 Å². The van der Waals surface area contributed by atoms with Crippen molar-refractivity contribution in [1.82, 2.24) is 9.55 Å². The van der Waals surface area contributed by atoms with Gasteiger partial charge in [-0.3, -0.25) is 19.0 Å². The van der Waals surface area contributed by atoms with E-state index < -0.39 is 0 Å². The summed E-state index contributed by atoms with van der Waals surface area (Å²) in [6.07, 6.45) is 1.50. The minimum Gasteiger partial charge on any atom is -0.493 e. The Hall–Kier alpha value is -3.88. The Morgan fingerprint density at radius 2 is 1.60 bits per heavy atom. The quantitative estimate of drug-likeness (QED) is 0.619. The van der Waals surface area contributed by atoms with Gasteiger partial charge in [0.05, 0.1) is 31.4 Å². The van der Waals surface area contributed by atoms with Crippen molar-refractivity contribution in [3.63, 3.8) is 0 Å². The standard InChI is InChI=1S/C21H22N4O5/c1-13(26)23-14-4-6-15(7-5-14)24-20(27)8-9-25-12-22-17-11-19(30-3)18(29-2)10-16(17)21(25)28/h4-7,10-12H,8-9H2,1-3H3,(H,23,26)(H,24,27). The van der Waals surface area contributed by atoms with Crippen LogP contribution in [0.5, 0.6) is 11.5 Å². The highest BCUT2D eigenvalue weighted by molar-refractivity contribution is 5.92. The van der Waals surface area contributed by atoms with E-state index in [-0.39, 0.29) is 30.3 Å². The molecule has 9 nitrogen and oxygen atoms in total. The summed E-state index contributed by atoms with van der Waals surface area (Å²) in [5, 5.41) is 5.79. The summed E-state index contributed by atoms with van der Waals surface area (Å²) < 4.78 is 11.9. The number of carbonyl (C=O) groups is 2. The molecule has 0 radical (unpaired) electrons. The van der Waals surface area contributed by atoms with E-state index in [0.717, 1.165) is 0 Å². The third kappa shape index (κ3) is 4.75. The molecule has 1 aromatic heterocycles. The minimum absolute atomic E-state index is 0.0911. The molecule has 156 valence electrons. The molecule has 3 aromatic rings. The van der Waals surface area contributed by atoms with Gasteiger partial charge in [0, 0.05) is 37.3 Å². The lowest BCUT2D eigenvalue weighted by molar-refractivity contribution is -0.116. The smallest absolute Gasteiger partial charge is 0.261 e. The van der Waals surface area contributed by atoms with E-state index in [9.17, 15) is 14.4 Å². The number of amides is 2. The molecular formula is C21H22N4O5. The lowest BCUT2D eigenvalue weighted by atomic mass is 10.2. The van der Waals surface area contributed by atoms with Crippen LogP contribution < -0.4 is 25.7 Å². The van der Waals surface area contributed by atoms with Crippen LogP contribution in [-0.4, -0.2) is 35.6 Å². The monoisotopic (exact) mass is 410 g/mol. The normalized spacial score (nSPS) is 10.5. The van der Waals surface area contributed by atoms with Gasteiger partial charge in [-0.25, -0.2) is 4.98 Å². The first-order chi connectivity index (χ1) is 14.4. The minimum atomic E-state index is -0.270. The Balaban J connectivity index is 1.69. The Morgan fingerprint density at radius 3 is 2.20 bits per heavy atom. The highest BCUT2D eigenvalue weighted by Crippen LogP contribution is 2.29. The molecule has 0 bridgehead atoms. The molecule has 0 fully saturated rings. The number of ether oxygens (including phenoxy) is 2. The van der Waals surface area contributed by atoms with Gasteiger partial charge in [0.2, 0.25) is 11.8 Å². The van der Waals surface area contributed by atoms with Gasteiger partial charge in [0.15, 0.2) is 11.5 Å². The third-order valence-corrected chi connectivity index (χ3v) is 4.40. The number of rotatable bonds is 7. The second-order valence-corrected chi connectivity index (χ2v) is 6.52. The van der Waals surface area contributed by atoms with E-state index in [1.807, 2.05) is 0 Å². The zero-order chi connectivity index (χ0) is 21.7. The maximum atomic E-state index is 12.8. The topological polar surface area (TPSA) is 112 Å². The van der Waals surface area contributed by atoms with E-state index in [0.29, 0.717) is 33.8 Å². The van der Waals surface area contributed by atoms with Gasteiger partial charge in [-0.15, -0.1) is 0 Å². The summed E-state index contributed by atoms with van der Waals surface area (Å²) in [5.74, 6) is 0.500. The Morgan fingerprint density at radius 1 is 1.00 bits per heavy atom. The number of benzene rings is 2. The number of fused-ring (bicyclic) bond motifs is 1. The van der Waals surface area contributed by atoms with Crippen LogP contribution in [0, 0.1) is 0 Å². The van der Waals surface area contributed by atoms with Crippen LogP contribution in [-0.2, 0) is 16.1 Å². The van der Waals surface area contributed by atoms with Gasteiger partial charge in [-0.1, -0.05) is 0 Å². The predicted octanol–water partition coefficient (Wildman–Crippen LogP) is 2.40. The Bertz CT molecular complexity index is 1140. The summed E-state index contributed by atoms with van der Waals surface area (Å²) >= 11 is 0. The van der Waals surface area contributed by atoms with Gasteiger partial charge in [0.25, 0.3) is 5.56 Å². The molecule has 0 aliphatic heterocycles. The largest absolute Gasteiger partial charge is 0.493 e. The van der Waals surface area contributed by atoms with Crippen LogP contribution in [0.4, 0.5) is 11.4 Å². The fourth-order valence-electron chi connectivity index (χ4n) is 2.93. The molecule has 2 aromatic carbocycles. The summed E-state index contributed by atoms with van der Waals surface area (Å²) in [6.45, 7) is 1.60. The molecule has 0 spiro atoms. The fraction of sp³-hybridized carbons (Fsp3) is 0.238. The molecule has 0 atom stereocenters. The highest BCUT2D eigenvalue weighted by atomic mass is 16.5. The maximum Gasteiger partial charge on any atom is 0.261 e. The number of methoxy groups -OCH3 is 2. The van der Waals surface area contributed by atoms with Gasteiger partial charge in [0.1, 0.15) is 0 Å². The Kier molecular flexibility index (Phi) is 6.31. The fourth-order valence-corrected chi connectivity index (χ4v) is 2.93. The summed E-state index contributed by atoms with van der Waals surface area (Å²) in [4.78, 5) is 40.3. The number of hydrogen-bond acceptors (Lipinski definition) is 6. The molecular weight excluding hydrogens is 388 g/mol. The molecule has 30 heavy (non-hydrogen) atoms. The highest BCUT2D eigenvalue weighted by Gasteiger charge is 2.12. The molecule has 0 aliphatic carbocycles. The van der Waals surface area contributed by atoms with Crippen LogP contribution in [0.15, 0.2) is 47.5 Å². The molecule has 1 heterocycles. The van der Waals surface area contributed by atoms with Crippen LogP contribution in [0.1, 0.15) is 13.3 Å². The van der Waals surface area contributed by atoms with Gasteiger partial charge in [-0.2, -0.15) is 0 Å². The first kappa shape index (κ1) is 20.8. The Labute approximate surface area is 172 Å². The second kappa shape index (κ2) is 9.08. The zero-order valence-corrected chi connectivity index (χ0v) is 16.9. The first-order valence-corrected chi connectivity index (χ1v) is 9.20. The maximum absolute atomic E-state index is 12.8. The van der Waals surface area contributed by atoms with Crippen LogP contribution in [0.3, 0.4) is 0 Å². The lowest BCUT2D eigenvalue weighted by Crippen LogP contribution is -2.23. The number of anilines is 2. The van der Waals surface area contributed by atoms with Crippen LogP contribution in [0.2, 0.25) is 0 Å². The number of nitrogens with zero attached hydrogens (tertiary/aromatic N) is 2. The third-order valence-electron chi connectivity index (χ3n) is 4.40. The molecule has 9 heteroatoms. The molecule has 2 N–H and O–H groups in total. The number of aryl methyl sites for hydroxylation is 1. The summed E-state index contributed by atoms with van der Waals surface area (Å²) in [6, 6.07) is 9.97. The second-order valence-electron chi connectivity index (χ2n) is 6.52. The summed E-state index contributed by atoms with van der Waals surface area (Å²) in [7, 11) is 3.00. The van der Waals surface area contributed by atoms with E-state index in [1.54, 1.807) is 36.4 Å². The van der Waals surface area contributed by atoms with Crippen molar-refractivity contribution in [1.29, 1.82) is 0 Å². The molecule has 0 aliphatic rings. The summed E-state index contributed by atoms with van der Waals surface area (Å²) in [5.41, 5.74) is 1.45. The zero-order valence-electron chi connectivity index (χ0n) is 16.9. The van der Waals surface area contributed by atoms with Crippen molar-refractivity contribution in [2.24, 2.45) is 0 Å². The average molecular weight is 410 g/mol. The SMILES string of the molecule is COc1cc2ncn(CCC(=O)Nc3ccc(NC(C)=O)cc3)c(=O)c2cc1OC. The molecule has 0 saturated heterocycles. The van der Waals surface area contributed by atoms with Gasteiger partial charge in [-0.05, 0) is 30.3 Å². The molecule has 0 saturated carbocycles. The van der Waals surface area contributed by atoms with E-state index in [1.165, 1.54) is 32.0 Å². The van der Waals surface area contributed by atoms with Gasteiger partial charge < -0.3 is 20.1 Å². The van der Waals surface area contributed by atoms with Crippen molar-refractivity contribution in [3.05, 3.63) is 53.1 Å². The van der Waals surface area contributed by atoms with E-state index >= 15 is 0 Å². The van der Waals surface area contributed by atoms with Crippen molar-refractivity contribution in [2.75, 3.05) is 24.9 Å². The van der Waals surface area contributed by atoms with Crippen molar-refractivity contribution >= 4 is 34.1 Å². The molecule has 3 rings (SSSR count). The van der Waals surface area contributed by atoms with Crippen LogP contribution >= 0.6 is 0 Å². The molecule has 0 unspecified atom stereocenters. The predicted molar refractivity (Wildman–Crippen MR) is 113 cm³/mol. The number of hydrogen-bond donors (Lipinski definition) is 2. The lowest BCUT2D eigenvalue weighted by Gasteiger charge is -2.11. The first-order valence-electron chi connectivity index (χ1n) is 9.20. The van der Waals surface area contributed by atoms with Gasteiger partial charge >= 0.3 is 0 Å². The van der Waals surface area contributed by atoms with Crippen molar-refractivity contribution < 1.29 is 19.1 Å². The number of nitrogens with one attached hydrogen (secondary N) is 2. The van der Waals surface area contributed by atoms with Crippen molar-refractivity contribution in [3.8, 4) is 11.5 Å². The molecule has 2 amide bonds. The van der Waals surface area contributed by atoms with E-state index in [2.05, 4.69) is 15.6 Å².